The van der Waals surface area contributed by atoms with Gasteiger partial charge in [-0.1, -0.05) is 44.2 Å². The molecule has 1 unspecified atom stereocenters. The topological polar surface area (TPSA) is 63.7 Å². The van der Waals surface area contributed by atoms with E-state index in [0.29, 0.717) is 17.5 Å². The number of rotatable bonds is 8. The number of esters is 1. The summed E-state index contributed by atoms with van der Waals surface area (Å²) in [5.41, 5.74) is 0.918. The number of carbonyl (C=O) groups is 3. The maximum Gasteiger partial charge on any atom is 0.305 e. The third-order valence-electron chi connectivity index (χ3n) is 4.56. The smallest absolute Gasteiger partial charge is 0.305 e. The molecule has 0 saturated carbocycles. The highest BCUT2D eigenvalue weighted by molar-refractivity contribution is 6.76. The maximum atomic E-state index is 12.7. The Morgan fingerprint density at radius 3 is 2.12 bits per heavy atom. The Hall–Kier alpha value is -1.95. The second-order valence-corrected chi connectivity index (χ2v) is 13.4. The Morgan fingerprint density at radius 1 is 1.08 bits per heavy atom. The van der Waals surface area contributed by atoms with Crippen LogP contribution in [0, 0.1) is 0 Å². The minimum Gasteiger partial charge on any atom is -0.469 e. The van der Waals surface area contributed by atoms with Crippen LogP contribution in [0.25, 0.3) is 0 Å². The van der Waals surface area contributed by atoms with Crippen LogP contribution in [0.15, 0.2) is 24.3 Å². The predicted octanol–water partition coefficient (Wildman–Crippen LogP) is 3.72. The van der Waals surface area contributed by atoms with Gasteiger partial charge in [0.15, 0.2) is 0 Å². The van der Waals surface area contributed by atoms with E-state index in [1.807, 2.05) is 0 Å². The molecule has 25 heavy (non-hydrogen) atoms. The van der Waals surface area contributed by atoms with Crippen LogP contribution in [0.4, 0.5) is 0 Å². The van der Waals surface area contributed by atoms with Gasteiger partial charge in [0.25, 0.3) is 11.8 Å². The summed E-state index contributed by atoms with van der Waals surface area (Å²) >= 11 is 0. The lowest BCUT2D eigenvalue weighted by Crippen LogP contribution is -2.40. The minimum absolute atomic E-state index is 0.210. The summed E-state index contributed by atoms with van der Waals surface area (Å²) in [5.74, 6) is -0.807. The first-order valence-electron chi connectivity index (χ1n) is 8.78. The average Bonchev–Trinajstić information content (AvgIpc) is 2.81. The van der Waals surface area contributed by atoms with E-state index in [2.05, 4.69) is 19.6 Å². The number of amides is 2. The van der Waals surface area contributed by atoms with E-state index in [-0.39, 0.29) is 30.2 Å². The molecule has 1 aliphatic heterocycles. The van der Waals surface area contributed by atoms with Crippen LogP contribution in [0.5, 0.6) is 0 Å². The number of fused-ring (bicyclic) bond motifs is 1. The van der Waals surface area contributed by atoms with Crippen LogP contribution in [-0.4, -0.2) is 43.9 Å². The first-order valence-corrected chi connectivity index (χ1v) is 12.5. The third-order valence-corrected chi connectivity index (χ3v) is 6.42. The number of carbonyl (C=O) groups excluding carboxylic acids is 3. The molecule has 0 fully saturated rings. The fourth-order valence-electron chi connectivity index (χ4n) is 3.20. The molecule has 0 saturated heterocycles. The van der Waals surface area contributed by atoms with Crippen molar-refractivity contribution in [2.24, 2.45) is 0 Å². The molecule has 1 aliphatic rings. The molecule has 0 aliphatic carbocycles. The van der Waals surface area contributed by atoms with Crippen LogP contribution in [0.3, 0.4) is 0 Å². The highest BCUT2D eigenvalue weighted by Crippen LogP contribution is 2.29. The SMILES string of the molecule is COC(=O)CCC(CCC[Si](C)(C)C)N1C(=O)c2ccccc2C1=O. The molecule has 136 valence electrons. The first kappa shape index (κ1) is 19.4. The zero-order valence-electron chi connectivity index (χ0n) is 15.5. The Balaban J connectivity index is 2.15. The standard InChI is InChI=1S/C19H27NO4Si/c1-24-17(21)12-11-14(8-7-13-25(2,3)4)20-18(22)15-9-5-6-10-16(15)19(20)23/h5-6,9-10,14H,7-8,11-13H2,1-4H3. The summed E-state index contributed by atoms with van der Waals surface area (Å²) in [4.78, 5) is 38.3. The molecule has 0 N–H and O–H groups in total. The summed E-state index contributed by atoms with van der Waals surface area (Å²) in [5, 5.41) is 0. The van der Waals surface area contributed by atoms with Gasteiger partial charge in [0, 0.05) is 20.5 Å². The number of imide groups is 1. The van der Waals surface area contributed by atoms with Crippen molar-refractivity contribution >= 4 is 25.9 Å². The highest BCUT2D eigenvalue weighted by atomic mass is 28.3. The Bertz CT molecular complexity index is 631. The van der Waals surface area contributed by atoms with Crippen molar-refractivity contribution in [3.8, 4) is 0 Å². The van der Waals surface area contributed by atoms with Crippen LogP contribution in [0.2, 0.25) is 25.7 Å². The van der Waals surface area contributed by atoms with E-state index >= 15 is 0 Å². The number of hydrogen-bond donors (Lipinski definition) is 0. The van der Waals surface area contributed by atoms with Crippen molar-refractivity contribution in [2.45, 2.75) is 57.4 Å². The summed E-state index contributed by atoms with van der Waals surface area (Å²) in [6.45, 7) is 6.91. The quantitative estimate of drug-likeness (QED) is 0.402. The van der Waals surface area contributed by atoms with E-state index in [1.165, 1.54) is 12.0 Å². The van der Waals surface area contributed by atoms with Crippen molar-refractivity contribution < 1.29 is 19.1 Å². The maximum absolute atomic E-state index is 12.7. The molecule has 0 aromatic heterocycles. The molecule has 2 rings (SSSR count). The van der Waals surface area contributed by atoms with Crippen LogP contribution < -0.4 is 0 Å². The van der Waals surface area contributed by atoms with Gasteiger partial charge in [0.1, 0.15) is 0 Å². The van der Waals surface area contributed by atoms with Gasteiger partial charge in [-0.15, -0.1) is 0 Å². The van der Waals surface area contributed by atoms with Crippen molar-refractivity contribution in [1.82, 2.24) is 4.90 Å². The van der Waals surface area contributed by atoms with Gasteiger partial charge in [-0.3, -0.25) is 19.3 Å². The highest BCUT2D eigenvalue weighted by Gasteiger charge is 2.39. The third kappa shape index (κ3) is 4.78. The average molecular weight is 362 g/mol. The molecule has 0 radical (unpaired) electrons. The molecule has 1 heterocycles. The first-order chi connectivity index (χ1) is 11.7. The molecule has 5 nitrogen and oxygen atoms in total. The number of hydrogen-bond acceptors (Lipinski definition) is 4. The molecule has 6 heteroatoms. The molecule has 1 aromatic rings. The van der Waals surface area contributed by atoms with Crippen LogP contribution >= 0.6 is 0 Å². The fourth-order valence-corrected chi connectivity index (χ4v) is 4.46. The van der Waals surface area contributed by atoms with Crippen LogP contribution in [-0.2, 0) is 9.53 Å². The minimum atomic E-state index is -1.19. The molecule has 2 amide bonds. The monoisotopic (exact) mass is 361 g/mol. The summed E-state index contributed by atoms with van der Waals surface area (Å²) in [7, 11) is 0.159. The van der Waals surface area contributed by atoms with E-state index < -0.39 is 8.07 Å². The molecular formula is C19H27NO4Si. The van der Waals surface area contributed by atoms with Gasteiger partial charge < -0.3 is 4.74 Å². The Kier molecular flexibility index (Phi) is 6.16. The lowest BCUT2D eigenvalue weighted by Gasteiger charge is -2.27. The van der Waals surface area contributed by atoms with Crippen molar-refractivity contribution in [2.75, 3.05) is 7.11 Å². The van der Waals surface area contributed by atoms with Gasteiger partial charge in [0.2, 0.25) is 0 Å². The summed E-state index contributed by atoms with van der Waals surface area (Å²) in [6, 6.07) is 7.78. The lowest BCUT2D eigenvalue weighted by atomic mass is 10.0. The van der Waals surface area contributed by atoms with Crippen molar-refractivity contribution in [3.63, 3.8) is 0 Å². The van der Waals surface area contributed by atoms with Gasteiger partial charge >= 0.3 is 5.97 Å². The summed E-state index contributed by atoms with van der Waals surface area (Å²) < 4.78 is 4.72. The van der Waals surface area contributed by atoms with Crippen molar-refractivity contribution in [1.29, 1.82) is 0 Å². The summed E-state index contributed by atoms with van der Waals surface area (Å²) in [6.07, 6.45) is 2.34. The number of ether oxygens (including phenoxy) is 1. The number of nitrogens with zero attached hydrogens (tertiary/aromatic N) is 1. The molecule has 1 atom stereocenters. The van der Waals surface area contributed by atoms with Gasteiger partial charge in [-0.05, 0) is 25.0 Å². The second-order valence-electron chi connectivity index (χ2n) is 7.75. The Morgan fingerprint density at radius 2 is 1.64 bits per heavy atom. The molecule has 0 spiro atoms. The van der Waals surface area contributed by atoms with Gasteiger partial charge in [-0.25, -0.2) is 0 Å². The van der Waals surface area contributed by atoms with E-state index in [4.69, 9.17) is 4.74 Å². The van der Waals surface area contributed by atoms with Gasteiger partial charge in [-0.2, -0.15) is 0 Å². The van der Waals surface area contributed by atoms with E-state index in [9.17, 15) is 14.4 Å². The van der Waals surface area contributed by atoms with Crippen molar-refractivity contribution in [3.05, 3.63) is 35.4 Å². The normalized spacial score (nSPS) is 15.3. The van der Waals surface area contributed by atoms with E-state index in [1.54, 1.807) is 24.3 Å². The lowest BCUT2D eigenvalue weighted by molar-refractivity contribution is -0.141. The fraction of sp³-hybridized carbons (Fsp3) is 0.526. The second kappa shape index (κ2) is 7.95. The largest absolute Gasteiger partial charge is 0.469 e. The number of methoxy groups -OCH3 is 1. The zero-order chi connectivity index (χ0) is 18.6. The Labute approximate surface area is 150 Å². The molecule has 1 aromatic carbocycles. The number of benzene rings is 1. The van der Waals surface area contributed by atoms with Gasteiger partial charge in [0.05, 0.1) is 18.2 Å². The van der Waals surface area contributed by atoms with Crippen LogP contribution in [0.1, 0.15) is 46.4 Å². The zero-order valence-corrected chi connectivity index (χ0v) is 16.5. The predicted molar refractivity (Wildman–Crippen MR) is 99.4 cm³/mol. The molecular weight excluding hydrogens is 334 g/mol. The molecule has 0 bridgehead atoms. The van der Waals surface area contributed by atoms with E-state index in [0.717, 1.165) is 18.9 Å².